The largest absolute Gasteiger partial charge is 0.340 e. The van der Waals surface area contributed by atoms with Crippen molar-refractivity contribution in [2.45, 2.75) is 25.9 Å². The van der Waals surface area contributed by atoms with Gasteiger partial charge in [-0.05, 0) is 36.1 Å². The molecule has 0 radical (unpaired) electrons. The minimum absolute atomic E-state index is 0.386. The molecule has 0 spiro atoms. The third kappa shape index (κ3) is 5.04. The number of H-pyrrole nitrogens is 1. The molecule has 0 saturated carbocycles. The summed E-state index contributed by atoms with van der Waals surface area (Å²) in [6.07, 6.45) is 1.76. The predicted octanol–water partition coefficient (Wildman–Crippen LogP) is 3.03. The van der Waals surface area contributed by atoms with Crippen LogP contribution in [0.5, 0.6) is 0 Å². The maximum atomic E-state index is 12.8. The Labute approximate surface area is 208 Å². The molecule has 9 heteroatoms. The van der Waals surface area contributed by atoms with Gasteiger partial charge in [0.2, 0.25) is 5.95 Å². The standard InChI is InChI=1S/C26H29ClN6O2/c1-30-23-22(24(34)29-26(30)35)33(13-5-8-19-6-3-2-4-7-19)25(28-23)32-16-14-31(15-17-32)18-20-9-11-21(27)12-10-20/h2-4,6-7,9-12H,5,8,13-18H2,1H3,(H,29,34,35). The molecule has 35 heavy (non-hydrogen) atoms. The fourth-order valence-corrected chi connectivity index (χ4v) is 4.84. The summed E-state index contributed by atoms with van der Waals surface area (Å²) < 4.78 is 3.41. The Morgan fingerprint density at radius 3 is 2.37 bits per heavy atom. The van der Waals surface area contributed by atoms with Gasteiger partial charge in [0.15, 0.2) is 11.2 Å². The highest BCUT2D eigenvalue weighted by atomic mass is 35.5. The van der Waals surface area contributed by atoms with Crippen LogP contribution < -0.4 is 16.1 Å². The van der Waals surface area contributed by atoms with Gasteiger partial charge in [0.05, 0.1) is 0 Å². The van der Waals surface area contributed by atoms with Gasteiger partial charge in [-0.25, -0.2) is 4.79 Å². The summed E-state index contributed by atoms with van der Waals surface area (Å²) in [4.78, 5) is 36.9. The lowest BCUT2D eigenvalue weighted by atomic mass is 10.1. The first-order valence-electron chi connectivity index (χ1n) is 11.9. The number of anilines is 1. The van der Waals surface area contributed by atoms with Crippen LogP contribution in [0.4, 0.5) is 5.95 Å². The molecule has 182 valence electrons. The molecule has 1 fully saturated rings. The van der Waals surface area contributed by atoms with E-state index in [0.29, 0.717) is 17.7 Å². The van der Waals surface area contributed by atoms with Gasteiger partial charge >= 0.3 is 5.69 Å². The quantitative estimate of drug-likeness (QED) is 0.429. The molecule has 0 aliphatic carbocycles. The number of rotatable bonds is 7. The molecule has 0 bridgehead atoms. The lowest BCUT2D eigenvalue weighted by molar-refractivity contribution is 0.248. The Balaban J connectivity index is 1.37. The molecule has 2 aromatic heterocycles. The minimum atomic E-state index is -0.448. The average Bonchev–Trinajstić information content (AvgIpc) is 3.25. The Hall–Kier alpha value is -3.36. The minimum Gasteiger partial charge on any atom is -0.340 e. The van der Waals surface area contributed by atoms with E-state index < -0.39 is 5.69 Å². The topological polar surface area (TPSA) is 79.2 Å². The zero-order valence-electron chi connectivity index (χ0n) is 19.8. The Morgan fingerprint density at radius 2 is 1.66 bits per heavy atom. The molecular weight excluding hydrogens is 464 g/mol. The second-order valence-electron chi connectivity index (χ2n) is 9.03. The van der Waals surface area contributed by atoms with Crippen LogP contribution in [0.25, 0.3) is 11.2 Å². The van der Waals surface area contributed by atoms with Crippen LogP contribution in [0, 0.1) is 0 Å². The van der Waals surface area contributed by atoms with E-state index in [2.05, 4.69) is 39.0 Å². The first-order chi connectivity index (χ1) is 17.0. The van der Waals surface area contributed by atoms with Crippen LogP contribution in [0.2, 0.25) is 5.02 Å². The van der Waals surface area contributed by atoms with Crippen LogP contribution in [-0.2, 0) is 26.6 Å². The van der Waals surface area contributed by atoms with Crippen LogP contribution in [0.3, 0.4) is 0 Å². The van der Waals surface area contributed by atoms with Crippen molar-refractivity contribution in [1.82, 2.24) is 24.0 Å². The second kappa shape index (κ2) is 10.1. The average molecular weight is 493 g/mol. The van der Waals surface area contributed by atoms with Gasteiger partial charge in [0, 0.05) is 51.3 Å². The van der Waals surface area contributed by atoms with Crippen molar-refractivity contribution >= 4 is 28.7 Å². The lowest BCUT2D eigenvalue weighted by Gasteiger charge is -2.35. The summed E-state index contributed by atoms with van der Waals surface area (Å²) in [6, 6.07) is 18.3. The van der Waals surface area contributed by atoms with Gasteiger partial charge in [0.25, 0.3) is 5.56 Å². The van der Waals surface area contributed by atoms with E-state index in [9.17, 15) is 9.59 Å². The van der Waals surface area contributed by atoms with Crippen molar-refractivity contribution < 1.29 is 0 Å². The molecule has 2 aromatic carbocycles. The van der Waals surface area contributed by atoms with Gasteiger partial charge < -0.3 is 9.47 Å². The number of aryl methyl sites for hydroxylation is 3. The summed E-state index contributed by atoms with van der Waals surface area (Å²) in [7, 11) is 1.65. The molecule has 1 N–H and O–H groups in total. The molecule has 1 saturated heterocycles. The Morgan fingerprint density at radius 1 is 0.943 bits per heavy atom. The van der Waals surface area contributed by atoms with E-state index in [1.165, 1.54) is 15.7 Å². The monoisotopic (exact) mass is 492 g/mol. The number of aromatic nitrogens is 4. The molecule has 1 aliphatic heterocycles. The summed E-state index contributed by atoms with van der Waals surface area (Å²) in [5.41, 5.74) is 2.54. The maximum absolute atomic E-state index is 12.8. The molecule has 5 rings (SSSR count). The van der Waals surface area contributed by atoms with E-state index in [-0.39, 0.29) is 5.56 Å². The molecule has 3 heterocycles. The van der Waals surface area contributed by atoms with Crippen molar-refractivity contribution in [2.75, 3.05) is 31.1 Å². The van der Waals surface area contributed by atoms with Crippen LogP contribution in [0.15, 0.2) is 64.2 Å². The van der Waals surface area contributed by atoms with Crippen molar-refractivity contribution in [3.05, 3.63) is 91.6 Å². The first kappa shape index (κ1) is 23.4. The normalized spacial score (nSPS) is 14.6. The van der Waals surface area contributed by atoms with Crippen LogP contribution >= 0.6 is 11.6 Å². The van der Waals surface area contributed by atoms with E-state index in [4.69, 9.17) is 16.6 Å². The highest BCUT2D eigenvalue weighted by Gasteiger charge is 2.25. The smallest absolute Gasteiger partial charge is 0.329 e. The number of hydrogen-bond donors (Lipinski definition) is 1. The third-order valence-corrected chi connectivity index (χ3v) is 6.90. The SMILES string of the molecule is Cn1c(=O)[nH]c(=O)c2c1nc(N1CCN(Cc3ccc(Cl)cc3)CC1)n2CCCc1ccccc1. The van der Waals surface area contributed by atoms with E-state index in [1.54, 1.807) is 7.05 Å². The van der Waals surface area contributed by atoms with Gasteiger partial charge in [-0.1, -0.05) is 54.1 Å². The van der Waals surface area contributed by atoms with E-state index >= 15 is 0 Å². The number of imidazole rings is 1. The zero-order chi connectivity index (χ0) is 24.4. The summed E-state index contributed by atoms with van der Waals surface area (Å²) in [6.45, 7) is 4.86. The molecule has 0 amide bonds. The number of benzene rings is 2. The van der Waals surface area contributed by atoms with Crippen molar-refractivity contribution in [3.8, 4) is 0 Å². The number of aromatic amines is 1. The van der Waals surface area contributed by atoms with Crippen LogP contribution in [0.1, 0.15) is 17.5 Å². The number of nitrogens with zero attached hydrogens (tertiary/aromatic N) is 5. The molecule has 1 aliphatic rings. The first-order valence-corrected chi connectivity index (χ1v) is 12.3. The molecular formula is C26H29ClN6O2. The van der Waals surface area contributed by atoms with Gasteiger partial charge in [-0.15, -0.1) is 0 Å². The second-order valence-corrected chi connectivity index (χ2v) is 9.47. The number of hydrogen-bond acceptors (Lipinski definition) is 5. The van der Waals surface area contributed by atoms with E-state index in [1.807, 2.05) is 34.9 Å². The van der Waals surface area contributed by atoms with Crippen molar-refractivity contribution in [3.63, 3.8) is 0 Å². The van der Waals surface area contributed by atoms with Crippen molar-refractivity contribution in [1.29, 1.82) is 0 Å². The lowest BCUT2D eigenvalue weighted by Crippen LogP contribution is -2.46. The van der Waals surface area contributed by atoms with Crippen LogP contribution in [-0.4, -0.2) is 50.2 Å². The molecule has 0 unspecified atom stereocenters. The Kier molecular flexibility index (Phi) is 6.74. The predicted molar refractivity (Wildman–Crippen MR) is 139 cm³/mol. The maximum Gasteiger partial charge on any atom is 0.329 e. The molecule has 4 aromatic rings. The summed E-state index contributed by atoms with van der Waals surface area (Å²) in [5, 5.41) is 0.745. The fraction of sp³-hybridized carbons (Fsp3) is 0.346. The van der Waals surface area contributed by atoms with Gasteiger partial charge in [0.1, 0.15) is 0 Å². The Bertz CT molecular complexity index is 1420. The molecule has 0 atom stereocenters. The summed E-state index contributed by atoms with van der Waals surface area (Å²) in [5.74, 6) is 0.755. The molecule has 8 nitrogen and oxygen atoms in total. The van der Waals surface area contributed by atoms with Crippen molar-refractivity contribution in [2.24, 2.45) is 7.05 Å². The number of nitrogens with one attached hydrogen (secondary N) is 1. The third-order valence-electron chi connectivity index (χ3n) is 6.65. The van der Waals surface area contributed by atoms with Gasteiger partial charge in [-0.3, -0.25) is 19.2 Å². The van der Waals surface area contributed by atoms with Gasteiger partial charge in [-0.2, -0.15) is 4.98 Å². The summed E-state index contributed by atoms with van der Waals surface area (Å²) >= 11 is 6.02. The number of fused-ring (bicyclic) bond motifs is 1. The number of halogens is 1. The highest BCUT2D eigenvalue weighted by Crippen LogP contribution is 2.22. The van der Waals surface area contributed by atoms with E-state index in [0.717, 1.165) is 56.5 Å². The number of piperazine rings is 1. The highest BCUT2D eigenvalue weighted by molar-refractivity contribution is 6.30. The fourth-order valence-electron chi connectivity index (χ4n) is 4.72. The zero-order valence-corrected chi connectivity index (χ0v) is 20.5.